The fourth-order valence-electron chi connectivity index (χ4n) is 6.15. The summed E-state index contributed by atoms with van der Waals surface area (Å²) >= 11 is 0. The van der Waals surface area contributed by atoms with E-state index in [-0.39, 0.29) is 11.9 Å². The summed E-state index contributed by atoms with van der Waals surface area (Å²) in [6.07, 6.45) is 14.2. The Bertz CT molecular complexity index is 885. The van der Waals surface area contributed by atoms with E-state index in [4.69, 9.17) is 9.26 Å². The molecular formula is C22H25N3O3. The van der Waals surface area contributed by atoms with Crippen molar-refractivity contribution < 1.29 is 14.1 Å². The van der Waals surface area contributed by atoms with Crippen LogP contribution >= 0.6 is 0 Å². The summed E-state index contributed by atoms with van der Waals surface area (Å²) in [5.41, 5.74) is 11.2. The lowest BCUT2D eigenvalue weighted by Crippen LogP contribution is -2.39. The monoisotopic (exact) mass is 379 g/mol. The van der Waals surface area contributed by atoms with Crippen LogP contribution < -0.4 is 10.9 Å². The van der Waals surface area contributed by atoms with Crippen molar-refractivity contribution in [3.8, 4) is 0 Å². The van der Waals surface area contributed by atoms with Crippen LogP contribution in [0.15, 0.2) is 51.7 Å². The van der Waals surface area contributed by atoms with Crippen molar-refractivity contribution in [1.29, 1.82) is 0 Å². The second-order valence-corrected chi connectivity index (χ2v) is 8.78. The van der Waals surface area contributed by atoms with Crippen molar-refractivity contribution in [3.05, 3.63) is 53.0 Å². The number of hydrazine groups is 1. The minimum Gasteiger partial charge on any atom is -0.452 e. The lowest BCUT2D eigenvalue weighted by atomic mass is 9.62. The molecule has 0 amide bonds. The second kappa shape index (κ2) is 6.42. The summed E-state index contributed by atoms with van der Waals surface area (Å²) in [7, 11) is 0. The van der Waals surface area contributed by atoms with Gasteiger partial charge in [0, 0.05) is 24.6 Å². The highest BCUT2D eigenvalue weighted by Gasteiger charge is 2.46. The number of allylic oxidation sites excluding steroid dienone is 4. The molecule has 0 radical (unpaired) electrons. The third-order valence-corrected chi connectivity index (χ3v) is 7.44. The molecule has 1 aromatic heterocycles. The molecule has 0 bridgehead atoms. The maximum atomic E-state index is 12.3. The van der Waals surface area contributed by atoms with Gasteiger partial charge in [0.05, 0.1) is 6.20 Å². The van der Waals surface area contributed by atoms with E-state index < -0.39 is 5.97 Å². The van der Waals surface area contributed by atoms with E-state index in [1.807, 2.05) is 0 Å². The normalized spacial score (nSPS) is 38.4. The van der Waals surface area contributed by atoms with E-state index >= 15 is 0 Å². The Morgan fingerprint density at radius 1 is 1.14 bits per heavy atom. The van der Waals surface area contributed by atoms with Gasteiger partial charge in [0.15, 0.2) is 0 Å². The van der Waals surface area contributed by atoms with Gasteiger partial charge in [-0.25, -0.2) is 4.79 Å². The first-order valence-corrected chi connectivity index (χ1v) is 10.5. The highest BCUT2D eigenvalue weighted by molar-refractivity contribution is 5.86. The summed E-state index contributed by atoms with van der Waals surface area (Å²) in [5.74, 6) is 2.15. The number of carbonyl (C=O) groups excluding carboxylic acids is 1. The van der Waals surface area contributed by atoms with Gasteiger partial charge in [0.25, 0.3) is 0 Å². The van der Waals surface area contributed by atoms with Crippen LogP contribution in [0.3, 0.4) is 0 Å². The van der Waals surface area contributed by atoms with Gasteiger partial charge < -0.3 is 9.26 Å². The molecule has 6 heteroatoms. The van der Waals surface area contributed by atoms with Gasteiger partial charge in [-0.05, 0) is 66.6 Å². The first-order valence-electron chi connectivity index (χ1n) is 10.5. The molecule has 3 fully saturated rings. The van der Waals surface area contributed by atoms with Crippen LogP contribution in [-0.2, 0) is 4.74 Å². The molecule has 2 N–H and O–H groups in total. The molecule has 0 aromatic carbocycles. The highest BCUT2D eigenvalue weighted by atomic mass is 16.6. The van der Waals surface area contributed by atoms with Gasteiger partial charge in [0.2, 0.25) is 5.76 Å². The minimum absolute atomic E-state index is 0.133. The second-order valence-electron chi connectivity index (χ2n) is 8.78. The average molecular weight is 379 g/mol. The standard InChI is InChI=1S/C22H25N3O3/c26-22(21-7-8-24-28-21)27-20-6-5-15-14-2-1-12-10-19-13(11-23-25-19)9-18(12)16(14)3-4-17(15)20/h3-4,7-9,12-15,19-20,23,25H,1-2,5-6,10-11H2. The molecule has 6 atom stereocenters. The van der Waals surface area contributed by atoms with Crippen LogP contribution in [-0.4, -0.2) is 29.8 Å². The molecule has 1 aliphatic heterocycles. The maximum Gasteiger partial charge on any atom is 0.377 e. The van der Waals surface area contributed by atoms with E-state index in [2.05, 4.69) is 34.2 Å². The lowest BCUT2D eigenvalue weighted by molar-refractivity contribution is 0.0336. The Hall–Kier alpha value is -2.18. The molecule has 6 rings (SSSR count). The number of nitrogens with zero attached hydrogens (tertiary/aromatic N) is 1. The topological polar surface area (TPSA) is 76.4 Å². The number of esters is 1. The van der Waals surface area contributed by atoms with Crippen LogP contribution in [0.1, 0.15) is 42.7 Å². The van der Waals surface area contributed by atoms with Crippen molar-refractivity contribution in [3.63, 3.8) is 0 Å². The molecule has 5 aliphatic rings. The predicted molar refractivity (Wildman–Crippen MR) is 102 cm³/mol. The molecule has 6 unspecified atom stereocenters. The molecule has 28 heavy (non-hydrogen) atoms. The fourth-order valence-corrected chi connectivity index (χ4v) is 6.15. The van der Waals surface area contributed by atoms with Crippen LogP contribution in [0.2, 0.25) is 0 Å². The number of aromatic nitrogens is 1. The Kier molecular flexibility index (Phi) is 3.84. The minimum atomic E-state index is -0.412. The van der Waals surface area contributed by atoms with Crippen LogP contribution in [0, 0.1) is 23.7 Å². The molecule has 146 valence electrons. The largest absolute Gasteiger partial charge is 0.452 e. The number of carbonyl (C=O) groups is 1. The maximum absolute atomic E-state index is 12.3. The Labute approximate surface area is 164 Å². The molecule has 2 saturated carbocycles. The lowest BCUT2D eigenvalue weighted by Gasteiger charge is -2.43. The first-order chi connectivity index (χ1) is 13.8. The number of rotatable bonds is 2. The zero-order chi connectivity index (χ0) is 18.7. The summed E-state index contributed by atoms with van der Waals surface area (Å²) in [6, 6.07) is 2.14. The molecule has 4 aliphatic carbocycles. The highest BCUT2D eigenvalue weighted by Crippen LogP contribution is 2.53. The summed E-state index contributed by atoms with van der Waals surface area (Å²) in [5, 5.41) is 3.60. The van der Waals surface area contributed by atoms with Gasteiger partial charge in [-0.2, -0.15) is 0 Å². The van der Waals surface area contributed by atoms with Crippen molar-refractivity contribution in [1.82, 2.24) is 16.0 Å². The zero-order valence-corrected chi connectivity index (χ0v) is 15.8. The van der Waals surface area contributed by atoms with Crippen LogP contribution in [0.25, 0.3) is 0 Å². The number of hydrogen-bond acceptors (Lipinski definition) is 6. The smallest absolute Gasteiger partial charge is 0.377 e. The van der Waals surface area contributed by atoms with Gasteiger partial charge in [-0.1, -0.05) is 23.4 Å². The SMILES string of the molecule is O=C(OC1CCC2C1=CC=C1C3=CC4CNNC4CC3CCC12)c1ccno1. The van der Waals surface area contributed by atoms with Gasteiger partial charge >= 0.3 is 5.97 Å². The Morgan fingerprint density at radius 2 is 2.07 bits per heavy atom. The molecule has 6 nitrogen and oxygen atoms in total. The zero-order valence-electron chi connectivity index (χ0n) is 15.8. The summed E-state index contributed by atoms with van der Waals surface area (Å²) in [4.78, 5) is 12.3. The fraction of sp³-hybridized carbons (Fsp3) is 0.545. The molecule has 0 spiro atoms. The molecule has 1 aromatic rings. The third-order valence-electron chi connectivity index (χ3n) is 7.44. The van der Waals surface area contributed by atoms with E-state index in [1.54, 1.807) is 17.2 Å². The number of ether oxygens (including phenoxy) is 1. The number of nitrogens with one attached hydrogen (secondary N) is 2. The van der Waals surface area contributed by atoms with Crippen molar-refractivity contribution in [2.75, 3.05) is 6.54 Å². The quantitative estimate of drug-likeness (QED) is 0.770. The predicted octanol–water partition coefficient (Wildman–Crippen LogP) is 2.93. The van der Waals surface area contributed by atoms with E-state index in [1.165, 1.54) is 31.0 Å². The summed E-state index contributed by atoms with van der Waals surface area (Å²) in [6.45, 7) is 1.03. The Balaban J connectivity index is 1.27. The van der Waals surface area contributed by atoms with Crippen LogP contribution in [0.5, 0.6) is 0 Å². The van der Waals surface area contributed by atoms with Gasteiger partial charge in [-0.3, -0.25) is 10.9 Å². The van der Waals surface area contributed by atoms with Crippen molar-refractivity contribution >= 4 is 5.97 Å². The van der Waals surface area contributed by atoms with E-state index in [0.717, 1.165) is 19.4 Å². The molecular weight excluding hydrogens is 354 g/mol. The Morgan fingerprint density at radius 3 is 2.96 bits per heavy atom. The van der Waals surface area contributed by atoms with Crippen molar-refractivity contribution in [2.45, 2.75) is 44.2 Å². The third kappa shape index (κ3) is 2.54. The van der Waals surface area contributed by atoms with E-state index in [9.17, 15) is 4.79 Å². The average Bonchev–Trinajstić information content (AvgIpc) is 3.46. The van der Waals surface area contributed by atoms with Gasteiger partial charge in [-0.15, -0.1) is 0 Å². The molecule has 2 heterocycles. The summed E-state index contributed by atoms with van der Waals surface area (Å²) < 4.78 is 10.7. The van der Waals surface area contributed by atoms with Crippen molar-refractivity contribution in [2.24, 2.45) is 23.7 Å². The van der Waals surface area contributed by atoms with Gasteiger partial charge in [0.1, 0.15) is 6.10 Å². The van der Waals surface area contributed by atoms with Crippen LogP contribution in [0.4, 0.5) is 0 Å². The molecule has 1 saturated heterocycles. The van der Waals surface area contributed by atoms with E-state index in [0.29, 0.717) is 29.7 Å². The number of hydrogen-bond donors (Lipinski definition) is 2. The first kappa shape index (κ1) is 16.7. The number of fused-ring (bicyclic) bond motifs is 6.